The molecule has 1 rings (SSSR count). The Kier molecular flexibility index (Phi) is 7.22. The van der Waals surface area contributed by atoms with Gasteiger partial charge in [-0.1, -0.05) is 18.5 Å². The Bertz CT molecular complexity index is 413. The summed E-state index contributed by atoms with van der Waals surface area (Å²) in [6, 6.07) is 3.37. The Morgan fingerprint density at radius 3 is 2.89 bits per heavy atom. The van der Waals surface area contributed by atoms with Crippen molar-refractivity contribution in [3.05, 3.63) is 22.8 Å². The van der Waals surface area contributed by atoms with Crippen LogP contribution in [0.5, 0.6) is 0 Å². The van der Waals surface area contributed by atoms with Crippen LogP contribution in [0.3, 0.4) is 0 Å². The molecule has 1 amide bonds. The smallest absolute Gasteiger partial charge is 0.271 e. The highest BCUT2D eigenvalue weighted by Crippen LogP contribution is 2.16. The number of amides is 1. The minimum absolute atomic E-state index is 0.239. The van der Waals surface area contributed by atoms with E-state index in [0.717, 1.165) is 19.4 Å². The SMILES string of the molecule is CCCOCCCNC(=O)c1nc(NC)ccc1Cl. The molecular weight excluding hydrogens is 266 g/mol. The van der Waals surface area contributed by atoms with Gasteiger partial charge >= 0.3 is 0 Å². The molecule has 0 aliphatic heterocycles. The molecule has 0 unspecified atom stereocenters. The molecule has 0 fully saturated rings. The van der Waals surface area contributed by atoms with E-state index in [2.05, 4.69) is 22.5 Å². The van der Waals surface area contributed by atoms with Gasteiger partial charge in [0, 0.05) is 26.8 Å². The molecule has 0 spiro atoms. The first-order chi connectivity index (χ1) is 9.19. The summed E-state index contributed by atoms with van der Waals surface area (Å²) in [5, 5.41) is 5.99. The minimum atomic E-state index is -0.266. The maximum absolute atomic E-state index is 11.9. The van der Waals surface area contributed by atoms with Gasteiger partial charge in [0.1, 0.15) is 11.5 Å². The highest BCUT2D eigenvalue weighted by atomic mass is 35.5. The van der Waals surface area contributed by atoms with E-state index in [9.17, 15) is 4.79 Å². The lowest BCUT2D eigenvalue weighted by Crippen LogP contribution is -2.26. The molecule has 0 radical (unpaired) electrons. The van der Waals surface area contributed by atoms with Crippen LogP contribution in [0.2, 0.25) is 5.02 Å². The normalized spacial score (nSPS) is 10.3. The molecule has 1 aromatic rings. The van der Waals surface area contributed by atoms with Crippen LogP contribution < -0.4 is 10.6 Å². The van der Waals surface area contributed by atoms with Crippen LogP contribution in [0.1, 0.15) is 30.3 Å². The third kappa shape index (κ3) is 5.44. The van der Waals surface area contributed by atoms with E-state index < -0.39 is 0 Å². The Hall–Kier alpha value is -1.33. The first-order valence-corrected chi connectivity index (χ1v) is 6.77. The van der Waals surface area contributed by atoms with Crippen LogP contribution in [-0.2, 0) is 4.74 Å². The van der Waals surface area contributed by atoms with Gasteiger partial charge in [-0.05, 0) is 25.0 Å². The van der Waals surface area contributed by atoms with Crippen LogP contribution in [-0.4, -0.2) is 37.7 Å². The zero-order valence-corrected chi connectivity index (χ0v) is 12.1. The Labute approximate surface area is 118 Å². The van der Waals surface area contributed by atoms with Gasteiger partial charge in [0.25, 0.3) is 5.91 Å². The molecule has 5 nitrogen and oxygen atoms in total. The summed E-state index contributed by atoms with van der Waals surface area (Å²) in [7, 11) is 1.74. The summed E-state index contributed by atoms with van der Waals surface area (Å²) in [6.45, 7) is 4.01. The second kappa shape index (κ2) is 8.72. The zero-order chi connectivity index (χ0) is 14.1. The van der Waals surface area contributed by atoms with E-state index >= 15 is 0 Å². The molecule has 2 N–H and O–H groups in total. The van der Waals surface area contributed by atoms with Crippen molar-refractivity contribution in [3.63, 3.8) is 0 Å². The Balaban J connectivity index is 2.40. The van der Waals surface area contributed by atoms with Crippen molar-refractivity contribution in [3.8, 4) is 0 Å². The van der Waals surface area contributed by atoms with Crippen molar-refractivity contribution in [2.45, 2.75) is 19.8 Å². The van der Waals surface area contributed by atoms with E-state index in [4.69, 9.17) is 16.3 Å². The minimum Gasteiger partial charge on any atom is -0.381 e. The van der Waals surface area contributed by atoms with E-state index in [1.54, 1.807) is 19.2 Å². The number of ether oxygens (including phenoxy) is 1. The van der Waals surface area contributed by atoms with Gasteiger partial charge in [-0.25, -0.2) is 4.98 Å². The number of carbonyl (C=O) groups is 1. The predicted octanol–water partition coefficient (Wildman–Crippen LogP) is 2.32. The standard InChI is InChI=1S/C13H20ClN3O2/c1-3-8-19-9-4-7-16-13(18)12-10(14)5-6-11(15-2)17-12/h5-6H,3-4,7-9H2,1-2H3,(H,15,17)(H,16,18). The quantitative estimate of drug-likeness (QED) is 0.720. The fourth-order valence-electron chi connectivity index (χ4n) is 1.45. The zero-order valence-electron chi connectivity index (χ0n) is 11.3. The third-order valence-corrected chi connectivity index (χ3v) is 2.72. The van der Waals surface area contributed by atoms with Gasteiger partial charge in [-0.2, -0.15) is 0 Å². The highest BCUT2D eigenvalue weighted by Gasteiger charge is 2.12. The molecule has 0 atom stereocenters. The van der Waals surface area contributed by atoms with Gasteiger partial charge in [-0.15, -0.1) is 0 Å². The lowest BCUT2D eigenvalue weighted by atomic mass is 10.3. The number of rotatable bonds is 8. The van der Waals surface area contributed by atoms with Crippen LogP contribution in [0.15, 0.2) is 12.1 Å². The fraction of sp³-hybridized carbons (Fsp3) is 0.538. The maximum atomic E-state index is 11.9. The summed E-state index contributed by atoms with van der Waals surface area (Å²) < 4.78 is 5.33. The number of pyridine rings is 1. The van der Waals surface area contributed by atoms with Crippen molar-refractivity contribution in [1.29, 1.82) is 0 Å². The Morgan fingerprint density at radius 1 is 1.42 bits per heavy atom. The van der Waals surface area contributed by atoms with Gasteiger partial charge in [-0.3, -0.25) is 4.79 Å². The largest absolute Gasteiger partial charge is 0.381 e. The summed E-state index contributed by atoms with van der Waals surface area (Å²) in [4.78, 5) is 16.0. The van der Waals surface area contributed by atoms with Crippen LogP contribution in [0.25, 0.3) is 0 Å². The van der Waals surface area contributed by atoms with Crippen molar-refractivity contribution in [1.82, 2.24) is 10.3 Å². The van der Waals surface area contributed by atoms with Gasteiger partial charge in [0.05, 0.1) is 5.02 Å². The topological polar surface area (TPSA) is 63.2 Å². The summed E-state index contributed by atoms with van der Waals surface area (Å²) in [6.07, 6.45) is 1.78. The molecule has 0 bridgehead atoms. The number of halogens is 1. The summed E-state index contributed by atoms with van der Waals surface area (Å²) >= 11 is 5.95. The molecule has 1 aromatic heterocycles. The van der Waals surface area contributed by atoms with Gasteiger partial charge < -0.3 is 15.4 Å². The number of aromatic nitrogens is 1. The molecule has 1 heterocycles. The monoisotopic (exact) mass is 285 g/mol. The third-order valence-electron chi connectivity index (χ3n) is 2.42. The first-order valence-electron chi connectivity index (χ1n) is 6.39. The number of carbonyl (C=O) groups excluding carboxylic acids is 1. The molecule has 0 aliphatic rings. The Morgan fingerprint density at radius 2 is 2.21 bits per heavy atom. The van der Waals surface area contributed by atoms with E-state index in [1.807, 2.05) is 0 Å². The van der Waals surface area contributed by atoms with Crippen LogP contribution in [0, 0.1) is 0 Å². The van der Waals surface area contributed by atoms with Crippen LogP contribution >= 0.6 is 11.6 Å². The fourth-order valence-corrected chi connectivity index (χ4v) is 1.64. The number of hydrogen-bond donors (Lipinski definition) is 2. The van der Waals surface area contributed by atoms with Crippen LogP contribution in [0.4, 0.5) is 5.82 Å². The molecule has 0 saturated heterocycles. The summed E-state index contributed by atoms with van der Waals surface area (Å²) in [5.74, 6) is 0.346. The number of hydrogen-bond acceptors (Lipinski definition) is 4. The molecule has 0 aliphatic carbocycles. The molecule has 106 valence electrons. The van der Waals surface area contributed by atoms with Crippen molar-refractivity contribution in [2.75, 3.05) is 32.1 Å². The second-order valence-electron chi connectivity index (χ2n) is 4.00. The highest BCUT2D eigenvalue weighted by molar-refractivity contribution is 6.33. The molecular formula is C13H20ClN3O2. The van der Waals surface area contributed by atoms with E-state index in [-0.39, 0.29) is 11.6 Å². The lowest BCUT2D eigenvalue weighted by molar-refractivity contribution is 0.0937. The van der Waals surface area contributed by atoms with Gasteiger partial charge in [0.2, 0.25) is 0 Å². The number of nitrogens with zero attached hydrogens (tertiary/aromatic N) is 1. The van der Waals surface area contributed by atoms with E-state index in [0.29, 0.717) is 24.0 Å². The number of anilines is 1. The van der Waals surface area contributed by atoms with Crippen molar-refractivity contribution in [2.24, 2.45) is 0 Å². The molecule has 6 heteroatoms. The average Bonchev–Trinajstić information content (AvgIpc) is 2.43. The van der Waals surface area contributed by atoms with Crippen molar-refractivity contribution < 1.29 is 9.53 Å². The van der Waals surface area contributed by atoms with Crippen molar-refractivity contribution >= 4 is 23.3 Å². The number of nitrogens with one attached hydrogen (secondary N) is 2. The van der Waals surface area contributed by atoms with Gasteiger partial charge in [0.15, 0.2) is 0 Å². The average molecular weight is 286 g/mol. The summed E-state index contributed by atoms with van der Waals surface area (Å²) in [5.41, 5.74) is 0.239. The maximum Gasteiger partial charge on any atom is 0.271 e. The predicted molar refractivity (Wildman–Crippen MR) is 76.9 cm³/mol. The first kappa shape index (κ1) is 15.7. The van der Waals surface area contributed by atoms with E-state index in [1.165, 1.54) is 0 Å². The molecule has 19 heavy (non-hydrogen) atoms. The molecule has 0 saturated carbocycles. The lowest BCUT2D eigenvalue weighted by Gasteiger charge is -2.08. The second-order valence-corrected chi connectivity index (χ2v) is 4.41. The molecule has 0 aromatic carbocycles.